The standard InChI is InChI=1S/C8H15NO3/c1-5-8(4-10)7(11)6(3-12-8)9(5)2/h5-7,10-11H,3-4H2,1-2H3/t5-,6-,7-,8-/m0/s1/i3T/t3-,5-,6-,7-,8-. The number of hydrogen-bond acceptors (Lipinski definition) is 4. The van der Waals surface area contributed by atoms with Crippen LogP contribution in [-0.2, 0) is 4.74 Å². The maximum atomic E-state index is 9.84. The summed E-state index contributed by atoms with van der Waals surface area (Å²) in [5.41, 5.74) is -0.939. The van der Waals surface area contributed by atoms with Gasteiger partial charge in [0.05, 0.1) is 20.6 Å². The largest absolute Gasteiger partial charge is 0.393 e. The summed E-state index contributed by atoms with van der Waals surface area (Å²) in [6, 6.07) is -0.346. The molecule has 12 heavy (non-hydrogen) atoms. The highest BCUT2D eigenvalue weighted by molar-refractivity contribution is 5.13. The lowest BCUT2D eigenvalue weighted by molar-refractivity contribution is -0.119. The fraction of sp³-hybridized carbons (Fsp3) is 1.00. The number of likely N-dealkylation sites (tertiary alicyclic amines) is 1. The number of rotatable bonds is 1. The summed E-state index contributed by atoms with van der Waals surface area (Å²) in [6.07, 6.45) is -0.750. The molecule has 0 radical (unpaired) electrons. The lowest BCUT2D eigenvalue weighted by Gasteiger charge is -2.35. The first kappa shape index (κ1) is 7.26. The maximum absolute atomic E-state index is 9.84. The van der Waals surface area contributed by atoms with Crippen LogP contribution in [0.15, 0.2) is 0 Å². The topological polar surface area (TPSA) is 52.9 Å². The van der Waals surface area contributed by atoms with Crippen molar-refractivity contribution in [1.82, 2.24) is 4.90 Å². The lowest BCUT2D eigenvalue weighted by Crippen LogP contribution is -2.52. The Kier molecular flexibility index (Phi) is 1.46. The second-order valence-corrected chi connectivity index (χ2v) is 3.64. The van der Waals surface area contributed by atoms with Gasteiger partial charge in [-0.2, -0.15) is 0 Å². The van der Waals surface area contributed by atoms with Crippen LogP contribution in [0.2, 0.25) is 0 Å². The Morgan fingerprint density at radius 3 is 2.92 bits per heavy atom. The molecule has 2 saturated heterocycles. The molecule has 2 rings (SSSR count). The highest BCUT2D eigenvalue weighted by Gasteiger charge is 2.61. The number of likely N-dealkylation sites (N-methyl/N-ethyl adjacent to an activating group) is 1. The van der Waals surface area contributed by atoms with E-state index in [2.05, 4.69) is 0 Å². The van der Waals surface area contributed by atoms with Gasteiger partial charge in [-0.15, -0.1) is 0 Å². The lowest BCUT2D eigenvalue weighted by atomic mass is 9.94. The Balaban J connectivity index is 2.36. The molecular formula is C8H15NO3. The molecule has 0 aromatic heterocycles. The number of morpholine rings is 1. The van der Waals surface area contributed by atoms with Gasteiger partial charge in [0.25, 0.3) is 0 Å². The Bertz CT molecular complexity index is 227. The molecule has 2 aliphatic heterocycles. The molecule has 4 nitrogen and oxygen atoms in total. The third kappa shape index (κ3) is 0.713. The SMILES string of the molecule is [3H][C@@H]1O[C@@]2(CO)[C@H](C)N(C)[C@@H]1[C@@H]2O. The van der Waals surface area contributed by atoms with Crippen molar-refractivity contribution in [3.63, 3.8) is 0 Å². The highest BCUT2D eigenvalue weighted by atomic mass is 16.5. The van der Waals surface area contributed by atoms with E-state index in [1.165, 1.54) is 0 Å². The molecule has 0 spiro atoms. The Labute approximate surface area is 73.1 Å². The van der Waals surface area contributed by atoms with E-state index >= 15 is 0 Å². The number of hydrogen-bond donors (Lipinski definition) is 2. The molecule has 70 valence electrons. The van der Waals surface area contributed by atoms with Crippen molar-refractivity contribution in [3.05, 3.63) is 0 Å². The van der Waals surface area contributed by atoms with Gasteiger partial charge in [-0.05, 0) is 14.0 Å². The smallest absolute Gasteiger partial charge is 0.134 e. The molecule has 0 aromatic rings. The molecule has 4 heteroatoms. The summed E-state index contributed by atoms with van der Waals surface area (Å²) in [5, 5.41) is 19.1. The Hall–Kier alpha value is -0.160. The van der Waals surface area contributed by atoms with Gasteiger partial charge >= 0.3 is 0 Å². The molecular weight excluding hydrogens is 158 g/mol. The molecule has 0 saturated carbocycles. The van der Waals surface area contributed by atoms with Crippen LogP contribution in [0.25, 0.3) is 0 Å². The summed E-state index contributed by atoms with van der Waals surface area (Å²) >= 11 is 0. The number of ether oxygens (including phenoxy) is 1. The summed E-state index contributed by atoms with van der Waals surface area (Å²) in [5.74, 6) is 0. The molecule has 2 aliphatic rings. The van der Waals surface area contributed by atoms with E-state index in [-0.39, 0.29) is 18.7 Å². The van der Waals surface area contributed by atoms with Gasteiger partial charge in [-0.25, -0.2) is 0 Å². The summed E-state index contributed by atoms with van der Waals surface area (Å²) in [7, 11) is 1.85. The first-order valence-corrected chi connectivity index (χ1v) is 4.15. The van der Waals surface area contributed by atoms with Crippen LogP contribution >= 0.6 is 0 Å². The predicted molar refractivity (Wildman–Crippen MR) is 42.8 cm³/mol. The average Bonchev–Trinajstić information content (AvgIpc) is 2.44. The van der Waals surface area contributed by atoms with Crippen LogP contribution < -0.4 is 0 Å². The van der Waals surface area contributed by atoms with E-state index in [9.17, 15) is 10.2 Å². The third-order valence-corrected chi connectivity index (χ3v) is 3.29. The van der Waals surface area contributed by atoms with Gasteiger partial charge in [0.2, 0.25) is 0 Å². The van der Waals surface area contributed by atoms with Crippen molar-refractivity contribution >= 4 is 0 Å². The Morgan fingerprint density at radius 2 is 2.50 bits per heavy atom. The van der Waals surface area contributed by atoms with E-state index in [1.54, 1.807) is 0 Å². The molecule has 5 atom stereocenters. The minimum atomic E-state index is -0.939. The molecule has 0 aromatic carbocycles. The second kappa shape index (κ2) is 2.42. The van der Waals surface area contributed by atoms with Crippen molar-refractivity contribution in [3.8, 4) is 0 Å². The zero-order valence-corrected chi connectivity index (χ0v) is 7.27. The van der Waals surface area contributed by atoms with Crippen molar-refractivity contribution in [2.24, 2.45) is 0 Å². The van der Waals surface area contributed by atoms with Crippen LogP contribution in [0.3, 0.4) is 0 Å². The van der Waals surface area contributed by atoms with Gasteiger partial charge in [-0.1, -0.05) is 0 Å². The fourth-order valence-corrected chi connectivity index (χ4v) is 2.16. The molecule has 0 amide bonds. The van der Waals surface area contributed by atoms with Crippen LogP contribution in [-0.4, -0.2) is 59.1 Å². The van der Waals surface area contributed by atoms with Gasteiger partial charge in [-0.3, -0.25) is 4.90 Å². The second-order valence-electron chi connectivity index (χ2n) is 3.64. The van der Waals surface area contributed by atoms with Crippen LogP contribution in [0.1, 0.15) is 8.29 Å². The van der Waals surface area contributed by atoms with Crippen LogP contribution in [0.5, 0.6) is 0 Å². The molecule has 2 bridgehead atoms. The molecule has 0 aliphatic carbocycles. The first-order valence-electron chi connectivity index (χ1n) is 4.73. The normalized spacial score (nSPS) is 60.8. The zero-order chi connectivity index (χ0) is 9.80. The van der Waals surface area contributed by atoms with E-state index in [4.69, 9.17) is 6.11 Å². The fourth-order valence-electron chi connectivity index (χ4n) is 2.16. The summed E-state index contributed by atoms with van der Waals surface area (Å²) < 4.78 is 12.9. The molecule has 0 unspecified atom stereocenters. The summed E-state index contributed by atoms with van der Waals surface area (Å²) in [4.78, 5) is 1.90. The van der Waals surface area contributed by atoms with Gasteiger partial charge in [0.15, 0.2) is 0 Å². The van der Waals surface area contributed by atoms with E-state index < -0.39 is 18.3 Å². The monoisotopic (exact) mass is 175 g/mol. The molecule has 2 heterocycles. The predicted octanol–water partition coefficient (Wildman–Crippen LogP) is -1.19. The number of aliphatic hydroxyl groups is 2. The van der Waals surface area contributed by atoms with Crippen LogP contribution in [0, 0.1) is 0 Å². The number of fused-ring (bicyclic) bond motifs is 2. The number of aliphatic hydroxyl groups excluding tert-OH is 2. The quantitative estimate of drug-likeness (QED) is 0.526. The third-order valence-electron chi connectivity index (χ3n) is 3.29. The molecule has 2 fully saturated rings. The number of nitrogens with zero attached hydrogens (tertiary/aromatic N) is 1. The average molecular weight is 175 g/mol. The Morgan fingerprint density at radius 1 is 1.83 bits per heavy atom. The maximum Gasteiger partial charge on any atom is 0.134 e. The van der Waals surface area contributed by atoms with E-state index in [0.717, 1.165) is 0 Å². The summed E-state index contributed by atoms with van der Waals surface area (Å²) in [6.45, 7) is 0.917. The minimum Gasteiger partial charge on any atom is -0.393 e. The minimum absolute atomic E-state index is 0.0425. The van der Waals surface area contributed by atoms with Gasteiger partial charge in [0.1, 0.15) is 11.7 Å². The van der Waals surface area contributed by atoms with E-state index in [0.29, 0.717) is 0 Å². The van der Waals surface area contributed by atoms with E-state index in [1.807, 2.05) is 18.9 Å². The van der Waals surface area contributed by atoms with Gasteiger partial charge in [0, 0.05) is 6.04 Å². The highest BCUT2D eigenvalue weighted by Crippen LogP contribution is 2.41. The van der Waals surface area contributed by atoms with Gasteiger partial charge < -0.3 is 14.9 Å². The molecule has 2 N–H and O–H groups in total. The van der Waals surface area contributed by atoms with Crippen molar-refractivity contribution in [2.75, 3.05) is 20.2 Å². The first-order chi connectivity index (χ1) is 6.04. The van der Waals surface area contributed by atoms with Crippen molar-refractivity contribution in [2.45, 2.75) is 30.7 Å². The van der Waals surface area contributed by atoms with Crippen molar-refractivity contribution < 1.29 is 16.3 Å². The van der Waals surface area contributed by atoms with Crippen molar-refractivity contribution in [1.29, 1.82) is 0 Å². The van der Waals surface area contributed by atoms with Crippen LogP contribution in [0.4, 0.5) is 0 Å². The zero-order valence-electron chi connectivity index (χ0n) is 8.27.